The molecule has 0 unspecified atom stereocenters. The van der Waals surface area contributed by atoms with E-state index < -0.39 is 39.6 Å². The van der Waals surface area contributed by atoms with Gasteiger partial charge < -0.3 is 0 Å². The van der Waals surface area contributed by atoms with Gasteiger partial charge in [0.2, 0.25) is 0 Å². The molecule has 8 nitrogen and oxygen atoms in total. The van der Waals surface area contributed by atoms with Crippen LogP contribution < -0.4 is 22.9 Å². The molecule has 21 heavy (non-hydrogen) atoms. The summed E-state index contributed by atoms with van der Waals surface area (Å²) < 4.78 is 9.66. The molecule has 0 aliphatic heterocycles. The van der Waals surface area contributed by atoms with Gasteiger partial charge in [-0.3, -0.25) is 0 Å². The number of carbonyl (C=O) groups is 2. The number of nitrogens with two attached hydrogens (primary N) is 4. The zero-order valence-electron chi connectivity index (χ0n) is 12.2. The Hall–Kier alpha value is -0.701. The van der Waals surface area contributed by atoms with Gasteiger partial charge >= 0.3 is 131 Å². The van der Waals surface area contributed by atoms with Gasteiger partial charge in [0.15, 0.2) is 0 Å². The summed E-state index contributed by atoms with van der Waals surface area (Å²) >= 11 is -1.04. The van der Waals surface area contributed by atoms with Crippen LogP contribution in [-0.2, 0) is 17.2 Å². The molecule has 0 saturated heterocycles. The van der Waals surface area contributed by atoms with Crippen molar-refractivity contribution in [3.05, 3.63) is 0 Å². The van der Waals surface area contributed by atoms with E-state index in [-0.39, 0.29) is 0 Å². The van der Waals surface area contributed by atoms with Crippen molar-refractivity contribution in [3.63, 3.8) is 0 Å². The van der Waals surface area contributed by atoms with E-state index in [9.17, 15) is 9.59 Å². The molecule has 2 atom stereocenters. The Morgan fingerprint density at radius 3 is 1.52 bits per heavy atom. The first-order chi connectivity index (χ1) is 10.0. The quantitative estimate of drug-likeness (QED) is 0.240. The molecule has 0 heterocycles. The van der Waals surface area contributed by atoms with Crippen molar-refractivity contribution >= 4 is 27.6 Å². The molecular weight excluding hydrogens is 343 g/mol. The molecule has 0 aliphatic rings. The first kappa shape index (κ1) is 20.3. The molecular formula is C12H26N4O4Se. The minimum absolute atomic E-state index is 0.499. The normalized spacial score (nSPS) is 13.5. The van der Waals surface area contributed by atoms with Crippen molar-refractivity contribution in [2.24, 2.45) is 22.9 Å². The predicted molar refractivity (Wildman–Crippen MR) is 79.7 cm³/mol. The molecule has 0 bridgehead atoms. The van der Waals surface area contributed by atoms with E-state index >= 15 is 0 Å². The van der Waals surface area contributed by atoms with E-state index in [1.54, 1.807) is 0 Å². The Morgan fingerprint density at radius 2 is 1.19 bits per heavy atom. The van der Waals surface area contributed by atoms with E-state index in [1.165, 1.54) is 0 Å². The first-order valence-electron chi connectivity index (χ1n) is 7.03. The molecule has 0 amide bonds. The van der Waals surface area contributed by atoms with Crippen LogP contribution in [0.3, 0.4) is 0 Å². The maximum atomic E-state index is 11.5. The van der Waals surface area contributed by atoms with E-state index in [1.807, 2.05) is 0 Å². The van der Waals surface area contributed by atoms with E-state index in [0.717, 1.165) is 25.7 Å². The van der Waals surface area contributed by atoms with Crippen molar-refractivity contribution < 1.29 is 17.2 Å². The van der Waals surface area contributed by atoms with E-state index in [4.69, 9.17) is 30.6 Å². The van der Waals surface area contributed by atoms with Crippen molar-refractivity contribution in [2.45, 2.75) is 50.6 Å². The SMILES string of the molecule is NCCCC[C@H](N)C(=O)O[Se]OC(=O)[C@@H](N)CCCCN. The maximum absolute atomic E-state index is 11.5. The third-order valence-electron chi connectivity index (χ3n) is 2.78. The van der Waals surface area contributed by atoms with Gasteiger partial charge in [-0.25, -0.2) is 0 Å². The molecule has 0 spiro atoms. The number of rotatable bonds is 12. The van der Waals surface area contributed by atoms with E-state index in [2.05, 4.69) is 0 Å². The Bertz CT molecular complexity index is 279. The topological polar surface area (TPSA) is 157 Å². The van der Waals surface area contributed by atoms with Crippen LogP contribution in [0.15, 0.2) is 0 Å². The second kappa shape index (κ2) is 13.0. The Morgan fingerprint density at radius 1 is 0.810 bits per heavy atom. The third kappa shape index (κ3) is 10.6. The van der Waals surface area contributed by atoms with Gasteiger partial charge in [-0.1, -0.05) is 0 Å². The summed E-state index contributed by atoms with van der Waals surface area (Å²) in [5, 5.41) is 0. The zero-order valence-corrected chi connectivity index (χ0v) is 13.9. The molecule has 0 aromatic carbocycles. The number of unbranched alkanes of at least 4 members (excludes halogenated alkanes) is 2. The van der Waals surface area contributed by atoms with Crippen LogP contribution in [0.1, 0.15) is 38.5 Å². The Labute approximate surface area is 132 Å². The van der Waals surface area contributed by atoms with Crippen LogP contribution in [0, 0.1) is 0 Å². The molecule has 8 N–H and O–H groups in total. The molecule has 0 rings (SSSR count). The van der Waals surface area contributed by atoms with E-state index in [0.29, 0.717) is 25.9 Å². The molecule has 124 valence electrons. The summed E-state index contributed by atoms with van der Waals surface area (Å²) in [5.74, 6) is -1.15. The molecule has 9 heteroatoms. The van der Waals surface area contributed by atoms with Gasteiger partial charge in [0, 0.05) is 0 Å². The first-order valence-corrected chi connectivity index (χ1v) is 8.43. The third-order valence-corrected chi connectivity index (χ3v) is 3.75. The van der Waals surface area contributed by atoms with Gasteiger partial charge in [-0.05, 0) is 0 Å². The molecule has 0 radical (unpaired) electrons. The van der Waals surface area contributed by atoms with Crippen LogP contribution in [0.5, 0.6) is 0 Å². The average Bonchev–Trinajstić information content (AvgIpc) is 2.47. The van der Waals surface area contributed by atoms with Crippen LogP contribution >= 0.6 is 0 Å². The van der Waals surface area contributed by atoms with Crippen LogP contribution in [0.25, 0.3) is 0 Å². The van der Waals surface area contributed by atoms with Gasteiger partial charge in [-0.2, -0.15) is 0 Å². The summed E-state index contributed by atoms with van der Waals surface area (Å²) in [7, 11) is 0. The summed E-state index contributed by atoms with van der Waals surface area (Å²) in [6.45, 7) is 1.12. The molecule has 0 aromatic rings. The summed E-state index contributed by atoms with van der Waals surface area (Å²) in [6, 6.07) is -1.43. The zero-order chi connectivity index (χ0) is 16.1. The van der Waals surface area contributed by atoms with Gasteiger partial charge in [0.1, 0.15) is 0 Å². The summed E-state index contributed by atoms with van der Waals surface area (Å²) in [5.41, 5.74) is 22.0. The van der Waals surface area contributed by atoms with Crippen LogP contribution in [-0.4, -0.2) is 52.7 Å². The molecule has 0 aromatic heterocycles. The van der Waals surface area contributed by atoms with Crippen molar-refractivity contribution in [1.29, 1.82) is 0 Å². The van der Waals surface area contributed by atoms with Gasteiger partial charge in [0.25, 0.3) is 0 Å². The van der Waals surface area contributed by atoms with Crippen molar-refractivity contribution in [1.82, 2.24) is 0 Å². The molecule has 0 fully saturated rings. The van der Waals surface area contributed by atoms with Crippen molar-refractivity contribution in [3.8, 4) is 0 Å². The summed E-state index contributed by atoms with van der Waals surface area (Å²) in [4.78, 5) is 23.0. The monoisotopic (exact) mass is 370 g/mol. The summed E-state index contributed by atoms with van der Waals surface area (Å²) in [6.07, 6.45) is 4.12. The minimum atomic E-state index is -1.04. The Balaban J connectivity index is 3.75. The van der Waals surface area contributed by atoms with Gasteiger partial charge in [0.05, 0.1) is 0 Å². The second-order valence-electron chi connectivity index (χ2n) is 4.65. The fraction of sp³-hybridized carbons (Fsp3) is 0.833. The second-order valence-corrected chi connectivity index (χ2v) is 5.64. The predicted octanol–water partition coefficient (Wildman–Crippen LogP) is -1.48. The fourth-order valence-electron chi connectivity index (χ4n) is 1.46. The average molecular weight is 369 g/mol. The van der Waals surface area contributed by atoms with Crippen molar-refractivity contribution in [2.75, 3.05) is 13.1 Å². The number of hydrogen-bond donors (Lipinski definition) is 4. The van der Waals surface area contributed by atoms with Crippen LogP contribution in [0.4, 0.5) is 0 Å². The van der Waals surface area contributed by atoms with Gasteiger partial charge in [-0.15, -0.1) is 0 Å². The number of carbonyl (C=O) groups excluding carboxylic acids is 2. The molecule has 0 saturated carbocycles. The molecule has 0 aliphatic carbocycles. The van der Waals surface area contributed by atoms with Crippen LogP contribution in [0.2, 0.25) is 0 Å². The standard InChI is InChI=1S/C12H26N4O4Se/c13-7-3-1-5-9(15)11(17)19-21-20-12(18)10(16)6-2-4-8-14/h9-10H,1-8,13-16H2/t9-,10-/m0/s1. The Kier molecular flexibility index (Phi) is 12.6. The fourth-order valence-corrected chi connectivity index (χ4v) is 2.33. The number of hydrogen-bond acceptors (Lipinski definition) is 8.